The number of alkyl halides is 3. The lowest BCUT2D eigenvalue weighted by Gasteiger charge is -2.22. The van der Waals surface area contributed by atoms with Crippen molar-refractivity contribution in [3.05, 3.63) is 77.5 Å². The molecule has 12 nitrogen and oxygen atoms in total. The number of rotatable bonds is 12. The van der Waals surface area contributed by atoms with Gasteiger partial charge in [0.15, 0.2) is 17.3 Å². The van der Waals surface area contributed by atoms with Crippen LogP contribution in [0.2, 0.25) is 0 Å². The molecular formula is C28H29F3N6O6. The molecule has 0 aliphatic heterocycles. The number of amides is 1. The number of hydrogen-bond acceptors (Lipinski definition) is 10. The van der Waals surface area contributed by atoms with E-state index in [4.69, 9.17) is 20.6 Å². The summed E-state index contributed by atoms with van der Waals surface area (Å²) in [5.74, 6) is -4.75. The van der Waals surface area contributed by atoms with Crippen LogP contribution < -0.4 is 31.4 Å². The molecule has 0 aliphatic rings. The molecule has 228 valence electrons. The number of nitrogen functional groups attached to an aromatic ring is 1. The molecule has 1 amide bonds. The molecule has 0 spiro atoms. The van der Waals surface area contributed by atoms with Crippen molar-refractivity contribution in [2.75, 3.05) is 17.3 Å². The molecule has 1 heterocycles. The van der Waals surface area contributed by atoms with Crippen LogP contribution in [0.15, 0.2) is 60.8 Å². The lowest BCUT2D eigenvalue weighted by atomic mass is 10.0. The second-order valence-electron chi connectivity index (χ2n) is 9.06. The van der Waals surface area contributed by atoms with Gasteiger partial charge in [-0.15, -0.1) is 0 Å². The van der Waals surface area contributed by atoms with Gasteiger partial charge in [0, 0.05) is 17.4 Å². The first-order valence-corrected chi connectivity index (χ1v) is 12.8. The van der Waals surface area contributed by atoms with Crippen LogP contribution in [-0.4, -0.2) is 47.6 Å². The van der Waals surface area contributed by atoms with Crippen molar-refractivity contribution in [3.8, 4) is 11.5 Å². The first kappa shape index (κ1) is 32.2. The molecule has 1 aromatic heterocycles. The Bertz CT molecular complexity index is 1480. The normalized spacial score (nSPS) is 11.7. The number of ether oxygens (including phenoxy) is 3. The predicted molar refractivity (Wildman–Crippen MR) is 150 cm³/mol. The third-order valence-electron chi connectivity index (χ3n) is 5.48. The zero-order valence-corrected chi connectivity index (χ0v) is 23.2. The summed E-state index contributed by atoms with van der Waals surface area (Å²) >= 11 is 0. The fourth-order valence-electron chi connectivity index (χ4n) is 3.60. The van der Waals surface area contributed by atoms with Crippen LogP contribution in [0.4, 0.5) is 24.7 Å². The van der Waals surface area contributed by atoms with E-state index < -0.39 is 35.6 Å². The van der Waals surface area contributed by atoms with Crippen LogP contribution in [0.1, 0.15) is 48.3 Å². The van der Waals surface area contributed by atoms with Gasteiger partial charge in [-0.05, 0) is 74.9 Å². The van der Waals surface area contributed by atoms with Gasteiger partial charge in [-0.1, -0.05) is 6.07 Å². The molecule has 0 saturated carbocycles. The third kappa shape index (κ3) is 8.82. The van der Waals surface area contributed by atoms with Gasteiger partial charge in [0.1, 0.15) is 17.4 Å². The Morgan fingerprint density at radius 3 is 2.35 bits per heavy atom. The van der Waals surface area contributed by atoms with Crippen molar-refractivity contribution in [1.29, 1.82) is 5.41 Å². The third-order valence-corrected chi connectivity index (χ3v) is 5.48. The molecule has 0 aliphatic carbocycles. The first-order valence-electron chi connectivity index (χ1n) is 12.8. The van der Waals surface area contributed by atoms with E-state index >= 15 is 0 Å². The number of nitrogens with one attached hydrogen (secondary N) is 4. The summed E-state index contributed by atoms with van der Waals surface area (Å²) < 4.78 is 53.1. The van der Waals surface area contributed by atoms with E-state index in [1.165, 1.54) is 12.3 Å². The summed E-state index contributed by atoms with van der Waals surface area (Å²) in [7, 11) is 0. The van der Waals surface area contributed by atoms with E-state index in [9.17, 15) is 27.6 Å². The number of pyridine rings is 1. The fraction of sp³-hybridized carbons (Fsp3) is 0.250. The Morgan fingerprint density at radius 2 is 1.74 bits per heavy atom. The van der Waals surface area contributed by atoms with E-state index in [-0.39, 0.29) is 17.8 Å². The van der Waals surface area contributed by atoms with Crippen LogP contribution in [0.3, 0.4) is 0 Å². The second-order valence-corrected chi connectivity index (χ2v) is 9.06. The van der Waals surface area contributed by atoms with Crippen molar-refractivity contribution < 1.29 is 41.8 Å². The maximum absolute atomic E-state index is 13.5. The largest absolute Gasteiger partial charge is 0.491 e. The number of anilines is 2. The first-order chi connectivity index (χ1) is 20.3. The zero-order chi connectivity index (χ0) is 31.7. The van der Waals surface area contributed by atoms with E-state index in [0.717, 1.165) is 6.07 Å². The highest BCUT2D eigenvalue weighted by atomic mass is 19.4. The van der Waals surface area contributed by atoms with Crippen molar-refractivity contribution in [1.82, 2.24) is 10.4 Å². The average Bonchev–Trinajstić information content (AvgIpc) is 2.95. The lowest BCUT2D eigenvalue weighted by molar-refractivity contribution is -0.193. The number of esters is 2. The van der Waals surface area contributed by atoms with Crippen molar-refractivity contribution >= 4 is 35.2 Å². The van der Waals surface area contributed by atoms with Gasteiger partial charge in [0.2, 0.25) is 0 Å². The Morgan fingerprint density at radius 1 is 1.05 bits per heavy atom. The minimum absolute atomic E-state index is 0.145. The summed E-state index contributed by atoms with van der Waals surface area (Å²) in [5.41, 5.74) is 11.1. The molecule has 0 saturated heterocycles. The Kier molecular flexibility index (Phi) is 10.5. The molecular weight excluding hydrogens is 573 g/mol. The number of hydrogen-bond donors (Lipinski definition) is 5. The molecule has 1 unspecified atom stereocenters. The second kappa shape index (κ2) is 14.0. The number of aromatic nitrogens is 1. The summed E-state index contributed by atoms with van der Waals surface area (Å²) in [6, 6.07) is 12.4. The van der Waals surface area contributed by atoms with Crippen LogP contribution in [0, 0.1) is 5.41 Å². The molecule has 3 aromatic rings. The van der Waals surface area contributed by atoms with Gasteiger partial charge >= 0.3 is 18.1 Å². The number of halogens is 3. The molecule has 6 N–H and O–H groups in total. The predicted octanol–water partition coefficient (Wildman–Crippen LogP) is 4.09. The Hall–Kier alpha value is -5.34. The molecule has 0 radical (unpaired) electrons. The summed E-state index contributed by atoms with van der Waals surface area (Å²) in [6.07, 6.45) is -4.35. The average molecular weight is 603 g/mol. The highest BCUT2D eigenvalue weighted by Gasteiger charge is 2.43. The Balaban J connectivity index is 1.91. The topological polar surface area (TPSA) is 178 Å². The minimum atomic E-state index is -5.39. The lowest BCUT2D eigenvalue weighted by Crippen LogP contribution is -2.38. The van der Waals surface area contributed by atoms with Gasteiger partial charge in [-0.3, -0.25) is 21.1 Å². The number of hydrazine groups is 1. The van der Waals surface area contributed by atoms with Gasteiger partial charge in [-0.2, -0.15) is 13.2 Å². The number of nitrogens with two attached hydrogens (primary N) is 1. The van der Waals surface area contributed by atoms with Gasteiger partial charge in [-0.25, -0.2) is 14.6 Å². The zero-order valence-electron chi connectivity index (χ0n) is 23.2. The van der Waals surface area contributed by atoms with Gasteiger partial charge in [0.05, 0.1) is 12.7 Å². The SMILES string of the molecule is CCOc1cc(C(Nc2ccc(C(=N)N)cc2)C(=O)NNc2ncccc2C(=O)OC(=O)C(F)(F)F)ccc1OC(C)C. The number of benzene rings is 2. The number of carbonyl (C=O) groups is 3. The summed E-state index contributed by atoms with van der Waals surface area (Å²) in [4.78, 5) is 40.7. The van der Waals surface area contributed by atoms with Crippen LogP contribution in [-0.2, 0) is 14.3 Å². The van der Waals surface area contributed by atoms with Gasteiger partial charge < -0.3 is 25.3 Å². The van der Waals surface area contributed by atoms with E-state index in [2.05, 4.69) is 25.9 Å². The highest BCUT2D eigenvalue weighted by Crippen LogP contribution is 2.33. The van der Waals surface area contributed by atoms with Crippen molar-refractivity contribution in [3.63, 3.8) is 0 Å². The summed E-state index contributed by atoms with van der Waals surface area (Å²) in [5, 5.41) is 10.6. The molecule has 1 atom stereocenters. The standard InChI is InChI=1S/C28H29F3N6O6/c1-4-41-21-14-17(9-12-20(21)42-15(2)3)22(35-18-10-7-16(8-11-18)23(32)33)25(38)37-36-24-19(6-5-13-34-24)26(39)43-27(40)28(29,30)31/h5-15,22,35H,4H2,1-3H3,(H3,32,33)(H,34,36)(H,37,38). The van der Waals surface area contributed by atoms with Crippen LogP contribution >= 0.6 is 0 Å². The minimum Gasteiger partial charge on any atom is -0.490 e. The van der Waals surface area contributed by atoms with Gasteiger partial charge in [0.25, 0.3) is 5.91 Å². The van der Waals surface area contributed by atoms with Crippen LogP contribution in [0.25, 0.3) is 0 Å². The molecule has 43 heavy (non-hydrogen) atoms. The van der Waals surface area contributed by atoms with Crippen molar-refractivity contribution in [2.24, 2.45) is 5.73 Å². The number of amidine groups is 1. The van der Waals surface area contributed by atoms with Crippen molar-refractivity contribution in [2.45, 2.75) is 39.1 Å². The van der Waals surface area contributed by atoms with E-state index in [0.29, 0.717) is 34.9 Å². The quantitative estimate of drug-likeness (QED) is 0.0667. The maximum atomic E-state index is 13.5. The molecule has 15 heteroatoms. The summed E-state index contributed by atoms with van der Waals surface area (Å²) in [6.45, 7) is 5.79. The molecule has 0 fully saturated rings. The monoisotopic (exact) mass is 602 g/mol. The van der Waals surface area contributed by atoms with E-state index in [1.54, 1.807) is 49.4 Å². The molecule has 2 aromatic carbocycles. The number of carbonyl (C=O) groups excluding carboxylic acids is 3. The van der Waals surface area contributed by atoms with Crippen LogP contribution in [0.5, 0.6) is 11.5 Å². The molecule has 3 rings (SSSR count). The fourth-order valence-corrected chi connectivity index (χ4v) is 3.60. The molecule has 0 bridgehead atoms. The highest BCUT2D eigenvalue weighted by molar-refractivity contribution is 6.01. The number of nitrogens with zero attached hydrogens (tertiary/aromatic N) is 1. The maximum Gasteiger partial charge on any atom is 0.491 e. The smallest absolute Gasteiger partial charge is 0.490 e. The van der Waals surface area contributed by atoms with E-state index in [1.807, 2.05) is 13.8 Å². The Labute approximate surface area is 244 Å².